The van der Waals surface area contributed by atoms with Gasteiger partial charge in [0.05, 0.1) is 5.92 Å². The zero-order chi connectivity index (χ0) is 21.2. The molecule has 7 heteroatoms. The van der Waals surface area contributed by atoms with Gasteiger partial charge in [0.15, 0.2) is 0 Å². The van der Waals surface area contributed by atoms with Gasteiger partial charge in [0.2, 0.25) is 0 Å². The molecule has 2 aromatic carbocycles. The van der Waals surface area contributed by atoms with Crippen LogP contribution in [0.25, 0.3) is 0 Å². The van der Waals surface area contributed by atoms with E-state index in [2.05, 4.69) is 0 Å². The van der Waals surface area contributed by atoms with Crippen LogP contribution < -0.4 is 4.74 Å². The summed E-state index contributed by atoms with van der Waals surface area (Å²) < 4.78 is 49.7. The summed E-state index contributed by atoms with van der Waals surface area (Å²) in [4.78, 5) is 12.8. The van der Waals surface area contributed by atoms with Gasteiger partial charge in [-0.15, -0.1) is 0 Å². The van der Waals surface area contributed by atoms with Crippen molar-refractivity contribution in [3.63, 3.8) is 0 Å². The van der Waals surface area contributed by atoms with E-state index in [4.69, 9.17) is 21.1 Å². The van der Waals surface area contributed by atoms with E-state index in [0.29, 0.717) is 11.3 Å². The summed E-state index contributed by atoms with van der Waals surface area (Å²) in [6.07, 6.45) is -4.77. The predicted octanol–water partition coefficient (Wildman–Crippen LogP) is 6.26. The topological polar surface area (TPSA) is 35.5 Å². The number of hydrogen-bond donors (Lipinski definition) is 0. The van der Waals surface area contributed by atoms with Crippen molar-refractivity contribution in [1.29, 1.82) is 0 Å². The zero-order valence-corrected chi connectivity index (χ0v) is 16.6. The largest absolute Gasteiger partial charge is 0.450 e. The maximum atomic E-state index is 12.8. The molecule has 29 heavy (non-hydrogen) atoms. The number of hydrogen-bond acceptors (Lipinski definition) is 3. The lowest BCUT2D eigenvalue weighted by Crippen LogP contribution is -2.19. The van der Waals surface area contributed by atoms with Gasteiger partial charge in [-0.1, -0.05) is 80.1 Å². The number of carbonyl (C=O) groups is 1. The molecule has 2 aromatic rings. The van der Waals surface area contributed by atoms with Gasteiger partial charge in [-0.2, -0.15) is 13.2 Å². The van der Waals surface area contributed by atoms with E-state index in [9.17, 15) is 18.0 Å². The number of halogens is 4. The number of carbonyl (C=O) groups excluding carboxylic acids is 1. The fourth-order valence-electron chi connectivity index (χ4n) is 3.26. The minimum Gasteiger partial charge on any atom is -0.450 e. The van der Waals surface area contributed by atoms with Crippen molar-refractivity contribution in [1.82, 2.24) is 0 Å². The van der Waals surface area contributed by atoms with E-state index < -0.39 is 40.7 Å². The molecule has 1 saturated carbocycles. The van der Waals surface area contributed by atoms with Gasteiger partial charge < -0.3 is 9.47 Å². The molecule has 0 bridgehead atoms. The minimum absolute atomic E-state index is 0.501. The number of benzene rings is 2. The molecule has 0 radical (unpaired) electrons. The van der Waals surface area contributed by atoms with Gasteiger partial charge in [0.1, 0.15) is 10.8 Å². The number of alkyl halides is 3. The maximum absolute atomic E-state index is 12.8. The summed E-state index contributed by atoms with van der Waals surface area (Å²) in [7, 11) is 0. The first-order valence-corrected chi connectivity index (χ1v) is 9.40. The molecule has 0 heterocycles. The Labute approximate surface area is 172 Å². The first kappa shape index (κ1) is 21.2. The highest BCUT2D eigenvalue weighted by Crippen LogP contribution is 2.60. The molecule has 0 aromatic heterocycles. The monoisotopic (exact) mass is 424 g/mol. The Balaban J connectivity index is 1.78. The van der Waals surface area contributed by atoms with Crippen LogP contribution in [0.1, 0.15) is 25.7 Å². The molecule has 154 valence electrons. The van der Waals surface area contributed by atoms with Crippen molar-refractivity contribution < 1.29 is 27.4 Å². The van der Waals surface area contributed by atoms with Crippen LogP contribution in [-0.4, -0.2) is 12.1 Å². The van der Waals surface area contributed by atoms with Gasteiger partial charge in [0.25, 0.3) is 6.29 Å². The molecule has 0 amide bonds. The fraction of sp³-hybridized carbons (Fsp3) is 0.318. The second-order valence-corrected chi connectivity index (χ2v) is 7.85. The smallest absolute Gasteiger partial charge is 0.426 e. The molecule has 3 nitrogen and oxygen atoms in total. The van der Waals surface area contributed by atoms with Crippen molar-refractivity contribution in [3.05, 3.63) is 77.3 Å². The van der Waals surface area contributed by atoms with Gasteiger partial charge in [-0.25, -0.2) is 0 Å². The number of ether oxygens (including phenoxy) is 2. The fourth-order valence-corrected chi connectivity index (χ4v) is 3.40. The molecule has 1 aliphatic rings. The highest BCUT2D eigenvalue weighted by molar-refractivity contribution is 6.30. The second kappa shape index (κ2) is 8.11. The van der Waals surface area contributed by atoms with Crippen LogP contribution >= 0.6 is 11.6 Å². The van der Waals surface area contributed by atoms with Crippen LogP contribution in [0.5, 0.6) is 5.75 Å². The molecule has 1 unspecified atom stereocenters. The number of para-hydroxylation sites is 1. The first-order valence-electron chi connectivity index (χ1n) is 9.02. The minimum atomic E-state index is -4.64. The molecule has 3 atom stereocenters. The Bertz CT molecular complexity index is 879. The van der Waals surface area contributed by atoms with Gasteiger partial charge in [0, 0.05) is 5.56 Å². The van der Waals surface area contributed by atoms with Crippen molar-refractivity contribution in [3.8, 4) is 5.75 Å². The van der Waals surface area contributed by atoms with Gasteiger partial charge in [-0.05, 0) is 23.5 Å². The third kappa shape index (κ3) is 4.93. The van der Waals surface area contributed by atoms with E-state index in [0.717, 1.165) is 6.08 Å². The van der Waals surface area contributed by atoms with E-state index in [1.54, 1.807) is 62.4 Å². The molecule has 1 fully saturated rings. The number of esters is 1. The Morgan fingerprint density at radius 3 is 2.17 bits per heavy atom. The zero-order valence-electron chi connectivity index (χ0n) is 15.8. The summed E-state index contributed by atoms with van der Waals surface area (Å²) >= 11 is 5.36. The standard InChI is InChI=1S/C22H20ClF3O3/c1-21(2)16(13-17(23)22(24,25)26)18(21)19(27)29-20(14-9-5-3-6-10-14)28-15-11-7-4-8-12-15/h3-13,16,18,20H,1-2H3/b17-13-/t16-,18-,20?/m1/s1. The van der Waals surface area contributed by atoms with Crippen LogP contribution in [-0.2, 0) is 9.53 Å². The van der Waals surface area contributed by atoms with Crippen molar-refractivity contribution in [2.24, 2.45) is 17.3 Å². The average Bonchev–Trinajstić information content (AvgIpc) is 3.22. The molecule has 0 saturated heterocycles. The summed E-state index contributed by atoms with van der Waals surface area (Å²) in [6.45, 7) is 3.41. The lowest BCUT2D eigenvalue weighted by molar-refractivity contribution is -0.167. The van der Waals surface area contributed by atoms with Gasteiger partial charge in [-0.3, -0.25) is 4.79 Å². The third-order valence-corrected chi connectivity index (χ3v) is 5.38. The van der Waals surface area contributed by atoms with Crippen LogP contribution in [0.15, 0.2) is 71.8 Å². The Morgan fingerprint density at radius 1 is 1.07 bits per heavy atom. The quantitative estimate of drug-likeness (QED) is 0.405. The lowest BCUT2D eigenvalue weighted by Gasteiger charge is -2.20. The van der Waals surface area contributed by atoms with E-state index in [1.807, 2.05) is 12.1 Å². The highest BCUT2D eigenvalue weighted by Gasteiger charge is 2.62. The van der Waals surface area contributed by atoms with Gasteiger partial charge >= 0.3 is 12.1 Å². The van der Waals surface area contributed by atoms with E-state index >= 15 is 0 Å². The van der Waals surface area contributed by atoms with Crippen LogP contribution in [0.2, 0.25) is 0 Å². The summed E-state index contributed by atoms with van der Waals surface area (Å²) in [6, 6.07) is 17.7. The molecule has 1 aliphatic carbocycles. The molecular weight excluding hydrogens is 405 g/mol. The van der Waals surface area contributed by atoms with E-state index in [-0.39, 0.29) is 0 Å². The maximum Gasteiger partial charge on any atom is 0.426 e. The summed E-state index contributed by atoms with van der Waals surface area (Å²) in [5.41, 5.74) is -0.0835. The normalized spacial score (nSPS) is 21.9. The third-order valence-electron chi connectivity index (χ3n) is 5.04. The lowest BCUT2D eigenvalue weighted by atomic mass is 10.1. The second-order valence-electron chi connectivity index (χ2n) is 7.45. The van der Waals surface area contributed by atoms with E-state index in [1.165, 1.54) is 0 Å². The Kier molecular flexibility index (Phi) is 5.94. The Hall–Kier alpha value is -2.47. The number of allylic oxidation sites excluding steroid dienone is 2. The molecule has 3 rings (SSSR count). The summed E-state index contributed by atoms with van der Waals surface area (Å²) in [5, 5.41) is -1.23. The van der Waals surface area contributed by atoms with Crippen LogP contribution in [0, 0.1) is 17.3 Å². The number of rotatable bonds is 6. The SMILES string of the molecule is CC1(C)[C@H](/C=C(\Cl)C(F)(F)F)[C@@H]1C(=O)OC(Oc1ccccc1)c1ccccc1. The van der Waals surface area contributed by atoms with Crippen molar-refractivity contribution in [2.75, 3.05) is 0 Å². The predicted molar refractivity (Wildman–Crippen MR) is 103 cm³/mol. The highest BCUT2D eigenvalue weighted by atomic mass is 35.5. The van der Waals surface area contributed by atoms with Crippen LogP contribution in [0.3, 0.4) is 0 Å². The van der Waals surface area contributed by atoms with Crippen LogP contribution in [0.4, 0.5) is 13.2 Å². The first-order chi connectivity index (χ1) is 13.6. The Morgan fingerprint density at radius 2 is 1.62 bits per heavy atom. The molecule has 0 N–H and O–H groups in total. The van der Waals surface area contributed by atoms with Crippen molar-refractivity contribution in [2.45, 2.75) is 26.3 Å². The average molecular weight is 425 g/mol. The summed E-state index contributed by atoms with van der Waals surface area (Å²) in [5.74, 6) is -1.55. The molecule has 0 spiro atoms. The van der Waals surface area contributed by atoms with Crippen molar-refractivity contribution >= 4 is 17.6 Å². The molecule has 0 aliphatic heterocycles. The molecular formula is C22H20ClF3O3.